The van der Waals surface area contributed by atoms with Crippen LogP contribution in [0.15, 0.2) is 89.5 Å². The minimum atomic E-state index is -0.450. The third-order valence-corrected chi connectivity index (χ3v) is 5.80. The van der Waals surface area contributed by atoms with Crippen molar-refractivity contribution >= 4 is 28.7 Å². The molecular weight excluding hydrogens is 443 g/mol. The van der Waals surface area contributed by atoms with Gasteiger partial charge in [-0.3, -0.25) is 15.1 Å². The number of nitro benzene ring substituents is 1. The SMILES string of the molecule is O=[N+]([O-])c1ccccc1-c1ccc([C@H]2[C@H](c3ccccn3)NC(=S)N2c2ccc(F)cc2)o1. The highest BCUT2D eigenvalue weighted by molar-refractivity contribution is 7.80. The molecule has 5 rings (SSSR count). The zero-order valence-electron chi connectivity index (χ0n) is 17.1. The van der Waals surface area contributed by atoms with Gasteiger partial charge < -0.3 is 14.6 Å². The number of anilines is 1. The standard InChI is InChI=1S/C24H17FN4O3S/c25-15-8-10-16(11-9-15)28-23(22(27-24(28)33)18-6-3-4-14-26-18)21-13-12-20(32-21)17-5-1-2-7-19(17)29(30)31/h1-14,22-23H,(H,27,33)/t22-,23-/m0/s1. The molecule has 2 atom stereocenters. The van der Waals surface area contributed by atoms with Gasteiger partial charge in [0.25, 0.3) is 5.69 Å². The molecule has 1 saturated heterocycles. The van der Waals surface area contributed by atoms with Crippen LogP contribution in [-0.4, -0.2) is 15.0 Å². The highest BCUT2D eigenvalue weighted by Gasteiger charge is 2.42. The lowest BCUT2D eigenvalue weighted by Gasteiger charge is -2.26. The number of benzene rings is 2. The van der Waals surface area contributed by atoms with Crippen LogP contribution in [0.3, 0.4) is 0 Å². The summed E-state index contributed by atoms with van der Waals surface area (Å²) in [6.45, 7) is 0. The second-order valence-corrected chi connectivity index (χ2v) is 7.84. The lowest BCUT2D eigenvalue weighted by Crippen LogP contribution is -2.29. The van der Waals surface area contributed by atoms with E-state index < -0.39 is 11.0 Å². The van der Waals surface area contributed by atoms with Gasteiger partial charge in [-0.1, -0.05) is 18.2 Å². The Bertz CT molecular complexity index is 1330. The molecule has 0 aliphatic carbocycles. The molecule has 33 heavy (non-hydrogen) atoms. The van der Waals surface area contributed by atoms with Crippen LogP contribution in [0.5, 0.6) is 0 Å². The van der Waals surface area contributed by atoms with Crippen LogP contribution in [-0.2, 0) is 0 Å². The fraction of sp³-hybridized carbons (Fsp3) is 0.0833. The summed E-state index contributed by atoms with van der Waals surface area (Å²) in [4.78, 5) is 17.4. The molecule has 1 aliphatic rings. The molecule has 1 fully saturated rings. The highest BCUT2D eigenvalue weighted by Crippen LogP contribution is 2.43. The summed E-state index contributed by atoms with van der Waals surface area (Å²) in [5.41, 5.74) is 1.76. The first-order valence-electron chi connectivity index (χ1n) is 10.1. The van der Waals surface area contributed by atoms with Gasteiger partial charge in [-0.2, -0.15) is 0 Å². The van der Waals surface area contributed by atoms with Crippen molar-refractivity contribution in [2.45, 2.75) is 12.1 Å². The van der Waals surface area contributed by atoms with Gasteiger partial charge in [-0.15, -0.1) is 0 Å². The van der Waals surface area contributed by atoms with Crippen molar-refractivity contribution in [3.63, 3.8) is 0 Å². The third-order valence-electron chi connectivity index (χ3n) is 5.49. The average Bonchev–Trinajstić information content (AvgIpc) is 3.45. The summed E-state index contributed by atoms with van der Waals surface area (Å²) in [7, 11) is 0. The number of halogens is 1. The van der Waals surface area contributed by atoms with Crippen molar-refractivity contribution in [1.29, 1.82) is 0 Å². The van der Waals surface area contributed by atoms with Gasteiger partial charge in [0.05, 0.1) is 22.2 Å². The van der Waals surface area contributed by atoms with Gasteiger partial charge in [0, 0.05) is 18.0 Å². The van der Waals surface area contributed by atoms with Gasteiger partial charge in [0.15, 0.2) is 5.11 Å². The Morgan fingerprint density at radius 3 is 2.52 bits per heavy atom. The Kier molecular flexibility index (Phi) is 5.31. The summed E-state index contributed by atoms with van der Waals surface area (Å²) < 4.78 is 19.7. The van der Waals surface area contributed by atoms with Crippen molar-refractivity contribution in [2.24, 2.45) is 0 Å². The van der Waals surface area contributed by atoms with Gasteiger partial charge in [-0.25, -0.2) is 4.39 Å². The molecule has 0 amide bonds. The Balaban J connectivity index is 1.61. The predicted octanol–water partition coefficient (Wildman–Crippen LogP) is 5.57. The summed E-state index contributed by atoms with van der Waals surface area (Å²) in [6.07, 6.45) is 1.69. The number of nitrogens with one attached hydrogen (secondary N) is 1. The van der Waals surface area contributed by atoms with Crippen molar-refractivity contribution in [3.8, 4) is 11.3 Å². The van der Waals surface area contributed by atoms with Crippen molar-refractivity contribution in [2.75, 3.05) is 4.90 Å². The number of hydrogen-bond donors (Lipinski definition) is 1. The van der Waals surface area contributed by atoms with Gasteiger partial charge in [0.2, 0.25) is 0 Å². The maximum atomic E-state index is 13.6. The third kappa shape index (κ3) is 3.83. The molecule has 4 aromatic rings. The first kappa shape index (κ1) is 20.8. The molecule has 0 saturated carbocycles. The second kappa shape index (κ2) is 8.44. The number of thiocarbonyl (C=S) groups is 1. The normalized spacial score (nSPS) is 17.7. The van der Waals surface area contributed by atoms with Gasteiger partial charge in [0.1, 0.15) is 23.4 Å². The molecular formula is C24H17FN4O3S. The van der Waals surface area contributed by atoms with E-state index >= 15 is 0 Å². The number of rotatable bonds is 5. The smallest absolute Gasteiger partial charge is 0.280 e. The number of para-hydroxylation sites is 1. The van der Waals surface area contributed by atoms with Gasteiger partial charge in [-0.05, 0) is 66.8 Å². The van der Waals surface area contributed by atoms with E-state index in [1.165, 1.54) is 18.2 Å². The predicted molar refractivity (Wildman–Crippen MR) is 125 cm³/mol. The fourth-order valence-electron chi connectivity index (χ4n) is 4.02. The van der Waals surface area contributed by atoms with E-state index in [0.717, 1.165) is 5.69 Å². The fourth-order valence-corrected chi connectivity index (χ4v) is 4.37. The van der Waals surface area contributed by atoms with Crippen molar-refractivity contribution < 1.29 is 13.7 Å². The number of pyridine rings is 1. The molecule has 1 aliphatic heterocycles. The van der Waals surface area contributed by atoms with E-state index in [9.17, 15) is 14.5 Å². The molecule has 0 unspecified atom stereocenters. The van der Waals surface area contributed by atoms with E-state index in [1.807, 2.05) is 23.1 Å². The molecule has 0 spiro atoms. The number of furan rings is 1. The summed E-state index contributed by atoms with van der Waals surface area (Å²) in [5.74, 6) is 0.552. The molecule has 0 radical (unpaired) electrons. The molecule has 0 bridgehead atoms. The first-order chi connectivity index (χ1) is 16.0. The molecule has 164 valence electrons. The Morgan fingerprint density at radius 1 is 1.03 bits per heavy atom. The number of aromatic nitrogens is 1. The van der Waals surface area contributed by atoms with Crippen LogP contribution in [0.1, 0.15) is 23.5 Å². The summed E-state index contributed by atoms with van der Waals surface area (Å²) in [6, 6.07) is 20.7. The van der Waals surface area contributed by atoms with Crippen LogP contribution >= 0.6 is 12.2 Å². The van der Waals surface area contributed by atoms with E-state index in [4.69, 9.17) is 16.6 Å². The molecule has 2 aromatic heterocycles. The summed E-state index contributed by atoms with van der Waals surface area (Å²) in [5, 5.41) is 15.2. The largest absolute Gasteiger partial charge is 0.459 e. The zero-order chi connectivity index (χ0) is 22.9. The Hall–Kier alpha value is -4.11. The summed E-state index contributed by atoms with van der Waals surface area (Å²) >= 11 is 5.63. The Labute approximate surface area is 193 Å². The molecule has 9 heteroatoms. The van der Waals surface area contributed by atoms with E-state index in [-0.39, 0.29) is 17.5 Å². The minimum absolute atomic E-state index is 0.0462. The van der Waals surface area contributed by atoms with E-state index in [2.05, 4.69) is 10.3 Å². The number of hydrogen-bond acceptors (Lipinski definition) is 5. The number of nitrogens with zero attached hydrogens (tertiary/aromatic N) is 3. The molecule has 2 aromatic carbocycles. The zero-order valence-corrected chi connectivity index (χ0v) is 17.9. The topological polar surface area (TPSA) is 84.4 Å². The van der Waals surface area contributed by atoms with Crippen LogP contribution < -0.4 is 10.2 Å². The van der Waals surface area contributed by atoms with Crippen LogP contribution in [0.4, 0.5) is 15.8 Å². The van der Waals surface area contributed by atoms with Crippen molar-refractivity contribution in [1.82, 2.24) is 10.3 Å². The lowest BCUT2D eigenvalue weighted by molar-refractivity contribution is -0.384. The first-order valence-corrected chi connectivity index (χ1v) is 10.5. The highest BCUT2D eigenvalue weighted by atomic mass is 32.1. The number of nitro groups is 1. The quantitative estimate of drug-likeness (QED) is 0.237. The molecule has 3 heterocycles. The maximum absolute atomic E-state index is 13.6. The second-order valence-electron chi connectivity index (χ2n) is 7.45. The lowest BCUT2D eigenvalue weighted by atomic mass is 10.0. The van der Waals surface area contributed by atoms with Crippen molar-refractivity contribution in [3.05, 3.63) is 112 Å². The maximum Gasteiger partial charge on any atom is 0.280 e. The average molecular weight is 460 g/mol. The molecule has 7 nitrogen and oxygen atoms in total. The van der Waals surface area contributed by atoms with Gasteiger partial charge >= 0.3 is 0 Å². The Morgan fingerprint density at radius 2 is 1.79 bits per heavy atom. The monoisotopic (exact) mass is 460 g/mol. The van der Waals surface area contributed by atoms with Crippen LogP contribution in [0, 0.1) is 15.9 Å². The minimum Gasteiger partial charge on any atom is -0.459 e. The van der Waals surface area contributed by atoms with E-state index in [1.54, 1.807) is 48.7 Å². The molecule has 1 N–H and O–H groups in total. The van der Waals surface area contributed by atoms with Crippen LogP contribution in [0.25, 0.3) is 11.3 Å². The van der Waals surface area contributed by atoms with E-state index in [0.29, 0.717) is 27.9 Å². The van der Waals surface area contributed by atoms with Crippen LogP contribution in [0.2, 0.25) is 0 Å².